The molecule has 0 spiro atoms. The van der Waals surface area contributed by atoms with Crippen molar-refractivity contribution in [1.29, 1.82) is 0 Å². The summed E-state index contributed by atoms with van der Waals surface area (Å²) in [6.45, 7) is 1.66. The first-order chi connectivity index (χ1) is 17.7. The summed E-state index contributed by atoms with van der Waals surface area (Å²) in [7, 11) is 1.52. The Kier molecular flexibility index (Phi) is 8.60. The highest BCUT2D eigenvalue weighted by Gasteiger charge is 2.41. The van der Waals surface area contributed by atoms with Gasteiger partial charge in [0.15, 0.2) is 0 Å². The largest absolute Gasteiger partial charge is 0.497 e. The van der Waals surface area contributed by atoms with Gasteiger partial charge in [0.25, 0.3) is 0 Å². The monoisotopic (exact) mass is 534 g/mol. The summed E-state index contributed by atoms with van der Waals surface area (Å²) in [6.07, 6.45) is 1.71. The number of piperidine rings is 1. The van der Waals surface area contributed by atoms with Crippen LogP contribution in [-0.2, 0) is 11.2 Å². The highest BCUT2D eigenvalue weighted by molar-refractivity contribution is 6.32. The predicted molar refractivity (Wildman–Crippen MR) is 137 cm³/mol. The summed E-state index contributed by atoms with van der Waals surface area (Å²) >= 11 is 6.33. The fraction of sp³-hybridized carbons (Fsp3) is 0.429. The fourth-order valence-electron chi connectivity index (χ4n) is 5.19. The number of hydrogen-bond acceptors (Lipinski definition) is 4. The Labute approximate surface area is 219 Å². The molecule has 1 fully saturated rings. The van der Waals surface area contributed by atoms with Gasteiger partial charge in [-0.2, -0.15) is 0 Å². The zero-order valence-electron chi connectivity index (χ0n) is 20.7. The molecule has 1 aromatic heterocycles. The topological polar surface area (TPSA) is 62.7 Å². The minimum Gasteiger partial charge on any atom is -0.497 e. The van der Waals surface area contributed by atoms with Crippen LogP contribution in [0, 0.1) is 17.0 Å². The number of halogens is 4. The van der Waals surface area contributed by atoms with Crippen molar-refractivity contribution in [2.24, 2.45) is 5.41 Å². The lowest BCUT2D eigenvalue weighted by atomic mass is 9.74. The molecule has 0 saturated carbocycles. The number of alkyl halides is 1. The van der Waals surface area contributed by atoms with Crippen molar-refractivity contribution in [3.63, 3.8) is 0 Å². The number of ether oxygens (including phenoxy) is 1. The number of carboxylic acid groups (broad SMARTS) is 1. The number of likely N-dealkylation sites (tertiary alicyclic amines) is 1. The zero-order chi connectivity index (χ0) is 26.6. The number of rotatable bonds is 10. The predicted octanol–water partition coefficient (Wildman–Crippen LogP) is 6.77. The number of carboxylic acids is 1. The Hall–Kier alpha value is -2.84. The smallest absolute Gasteiger partial charge is 0.309 e. The van der Waals surface area contributed by atoms with Gasteiger partial charge in [-0.25, -0.2) is 13.2 Å². The molecule has 0 bridgehead atoms. The van der Waals surface area contributed by atoms with Crippen molar-refractivity contribution >= 4 is 28.5 Å². The maximum absolute atomic E-state index is 15.6. The summed E-state index contributed by atoms with van der Waals surface area (Å²) in [5.41, 5.74) is -0.0811. The lowest BCUT2D eigenvalue weighted by Gasteiger charge is -2.39. The number of benzene rings is 2. The molecule has 0 aliphatic carbocycles. The van der Waals surface area contributed by atoms with Crippen LogP contribution >= 0.6 is 11.6 Å². The quantitative estimate of drug-likeness (QED) is 0.311. The number of aromatic nitrogens is 1. The SMILES string of the molecule is COc1ccc2ncc(Cl)c(C(F)CCC3(C(=O)O)CCN(CCCc4c(F)cccc4F)CC3)c2c1. The van der Waals surface area contributed by atoms with Crippen LogP contribution in [0.25, 0.3) is 10.9 Å². The van der Waals surface area contributed by atoms with Crippen LogP contribution in [0.15, 0.2) is 42.6 Å². The van der Waals surface area contributed by atoms with Gasteiger partial charge in [-0.1, -0.05) is 17.7 Å². The number of carbonyl (C=O) groups is 1. The second-order valence-electron chi connectivity index (χ2n) is 9.64. The highest BCUT2D eigenvalue weighted by Crippen LogP contribution is 2.42. The van der Waals surface area contributed by atoms with E-state index in [9.17, 15) is 18.7 Å². The van der Waals surface area contributed by atoms with E-state index in [1.54, 1.807) is 18.2 Å². The maximum atomic E-state index is 15.6. The number of aliphatic carboxylic acids is 1. The van der Waals surface area contributed by atoms with E-state index >= 15 is 4.39 Å². The van der Waals surface area contributed by atoms with Crippen molar-refractivity contribution in [3.05, 3.63) is 70.4 Å². The molecule has 2 aromatic carbocycles. The van der Waals surface area contributed by atoms with Gasteiger partial charge in [0.1, 0.15) is 23.6 Å². The van der Waals surface area contributed by atoms with Crippen LogP contribution in [0.4, 0.5) is 13.2 Å². The van der Waals surface area contributed by atoms with E-state index in [4.69, 9.17) is 16.3 Å². The Bertz CT molecular complexity index is 1240. The van der Waals surface area contributed by atoms with E-state index in [2.05, 4.69) is 9.88 Å². The van der Waals surface area contributed by atoms with Crippen molar-refractivity contribution in [3.8, 4) is 5.75 Å². The molecule has 1 aliphatic heterocycles. The molecule has 1 atom stereocenters. The molecular formula is C28H30ClF3N2O3. The molecule has 9 heteroatoms. The van der Waals surface area contributed by atoms with Crippen LogP contribution < -0.4 is 4.74 Å². The third-order valence-electron chi connectivity index (χ3n) is 7.49. The summed E-state index contributed by atoms with van der Waals surface area (Å²) < 4.78 is 48.6. The minimum atomic E-state index is -1.46. The normalized spacial score (nSPS) is 16.6. The molecule has 4 rings (SSSR count). The van der Waals surface area contributed by atoms with E-state index < -0.39 is 29.2 Å². The Morgan fingerprint density at radius 2 is 1.92 bits per heavy atom. The van der Waals surface area contributed by atoms with Gasteiger partial charge in [-0.05, 0) is 88.5 Å². The highest BCUT2D eigenvalue weighted by atomic mass is 35.5. The first-order valence-corrected chi connectivity index (χ1v) is 12.8. The Balaban J connectivity index is 1.38. The van der Waals surface area contributed by atoms with Crippen LogP contribution in [0.2, 0.25) is 5.02 Å². The van der Waals surface area contributed by atoms with Crippen LogP contribution in [0.3, 0.4) is 0 Å². The van der Waals surface area contributed by atoms with Crippen LogP contribution in [0.5, 0.6) is 5.75 Å². The molecule has 1 unspecified atom stereocenters. The molecule has 3 aromatic rings. The van der Waals surface area contributed by atoms with E-state index in [1.807, 2.05) is 0 Å². The third-order valence-corrected chi connectivity index (χ3v) is 7.79. The standard InChI is InChI=1S/C28H30ClF3N2O3/c1-37-18-7-8-25-20(16-18)26(21(29)17-33-25)24(32)9-10-28(27(35)36)11-14-34(15-12-28)13-3-4-19-22(30)5-2-6-23(19)31/h2,5-8,16-17,24H,3-4,9-15H2,1H3,(H,35,36). The van der Waals surface area contributed by atoms with Gasteiger partial charge < -0.3 is 14.7 Å². The lowest BCUT2D eigenvalue weighted by molar-refractivity contribution is -0.153. The third kappa shape index (κ3) is 6.02. The van der Waals surface area contributed by atoms with Gasteiger partial charge in [-0.15, -0.1) is 0 Å². The molecular weight excluding hydrogens is 505 g/mol. The molecule has 2 heterocycles. The Morgan fingerprint density at radius 3 is 2.57 bits per heavy atom. The van der Waals surface area contributed by atoms with Crippen molar-refractivity contribution < 1.29 is 27.8 Å². The van der Waals surface area contributed by atoms with Crippen molar-refractivity contribution in [2.75, 3.05) is 26.7 Å². The second-order valence-corrected chi connectivity index (χ2v) is 10.0. The van der Waals surface area contributed by atoms with Crippen molar-refractivity contribution in [1.82, 2.24) is 9.88 Å². The summed E-state index contributed by atoms with van der Waals surface area (Å²) in [6, 6.07) is 8.99. The van der Waals surface area contributed by atoms with Gasteiger partial charge in [0, 0.05) is 22.7 Å². The summed E-state index contributed by atoms with van der Waals surface area (Å²) in [4.78, 5) is 18.7. The molecule has 1 N–H and O–H groups in total. The first kappa shape index (κ1) is 27.2. The first-order valence-electron chi connectivity index (χ1n) is 12.4. The van der Waals surface area contributed by atoms with Crippen molar-refractivity contribution in [2.45, 2.75) is 44.7 Å². The number of methoxy groups -OCH3 is 1. The zero-order valence-corrected chi connectivity index (χ0v) is 21.4. The van der Waals surface area contributed by atoms with E-state index in [0.29, 0.717) is 61.1 Å². The molecule has 1 aliphatic rings. The molecule has 1 saturated heterocycles. The Morgan fingerprint density at radius 1 is 1.22 bits per heavy atom. The van der Waals surface area contributed by atoms with E-state index in [-0.39, 0.29) is 29.8 Å². The molecule has 198 valence electrons. The van der Waals surface area contributed by atoms with Gasteiger partial charge in [-0.3, -0.25) is 9.78 Å². The lowest BCUT2D eigenvalue weighted by Crippen LogP contribution is -2.44. The number of pyridine rings is 1. The maximum Gasteiger partial charge on any atom is 0.309 e. The summed E-state index contributed by atoms with van der Waals surface area (Å²) in [5.74, 6) is -1.48. The average Bonchev–Trinajstić information content (AvgIpc) is 2.89. The van der Waals surface area contributed by atoms with Gasteiger partial charge in [0.05, 0.1) is 23.1 Å². The number of hydrogen-bond donors (Lipinski definition) is 1. The minimum absolute atomic E-state index is 0.00883. The second kappa shape index (κ2) is 11.7. The molecule has 0 radical (unpaired) electrons. The van der Waals surface area contributed by atoms with E-state index in [1.165, 1.54) is 31.5 Å². The summed E-state index contributed by atoms with van der Waals surface area (Å²) in [5, 5.41) is 10.8. The van der Waals surface area contributed by atoms with Crippen LogP contribution in [-0.4, -0.2) is 47.7 Å². The molecule has 37 heavy (non-hydrogen) atoms. The van der Waals surface area contributed by atoms with Crippen LogP contribution in [0.1, 0.15) is 49.4 Å². The molecule has 5 nitrogen and oxygen atoms in total. The van der Waals surface area contributed by atoms with Gasteiger partial charge in [0.2, 0.25) is 0 Å². The molecule has 0 amide bonds. The fourth-order valence-corrected chi connectivity index (χ4v) is 5.46. The van der Waals surface area contributed by atoms with Gasteiger partial charge >= 0.3 is 5.97 Å². The number of nitrogens with zero attached hydrogens (tertiary/aromatic N) is 2. The average molecular weight is 535 g/mol. The number of fused-ring (bicyclic) bond motifs is 1. The van der Waals surface area contributed by atoms with E-state index in [0.717, 1.165) is 0 Å².